The normalized spacial score (nSPS) is 17.7. The van der Waals surface area contributed by atoms with Crippen molar-refractivity contribution >= 4 is 27.5 Å². The summed E-state index contributed by atoms with van der Waals surface area (Å²) in [5, 5.41) is 3.37. The molecule has 0 aliphatic carbocycles. The molecule has 6 nitrogen and oxygen atoms in total. The average molecular weight is 437 g/mol. The summed E-state index contributed by atoms with van der Waals surface area (Å²) in [6, 6.07) is 13.3. The monoisotopic (exact) mass is 436 g/mol. The van der Waals surface area contributed by atoms with Gasteiger partial charge in [-0.2, -0.15) is 4.31 Å². The van der Waals surface area contributed by atoms with E-state index >= 15 is 0 Å². The maximum atomic E-state index is 13.1. The number of amides is 1. The van der Waals surface area contributed by atoms with Crippen LogP contribution in [-0.2, 0) is 21.4 Å². The van der Waals surface area contributed by atoms with Gasteiger partial charge in [0, 0.05) is 30.6 Å². The molecule has 0 spiro atoms. The van der Waals surface area contributed by atoms with Crippen molar-refractivity contribution in [1.82, 2.24) is 9.62 Å². The number of piperidine rings is 1. The predicted octanol–water partition coefficient (Wildman–Crippen LogP) is 3.60. The summed E-state index contributed by atoms with van der Waals surface area (Å²) >= 11 is 5.88. The van der Waals surface area contributed by atoms with Crippen molar-refractivity contribution in [1.29, 1.82) is 0 Å². The number of sulfonamides is 1. The fraction of sp³-hybridized carbons (Fsp3) is 0.381. The summed E-state index contributed by atoms with van der Waals surface area (Å²) in [5.41, 5.74) is 0.923. The molecule has 0 radical (unpaired) electrons. The Hall–Kier alpha value is -2.09. The molecule has 0 saturated carbocycles. The van der Waals surface area contributed by atoms with Crippen molar-refractivity contribution in [2.45, 2.75) is 43.2 Å². The van der Waals surface area contributed by atoms with Crippen LogP contribution in [0.1, 0.15) is 31.2 Å². The lowest BCUT2D eigenvalue weighted by molar-refractivity contribution is -0.122. The molecule has 1 amide bonds. The molecule has 1 aliphatic heterocycles. The summed E-state index contributed by atoms with van der Waals surface area (Å²) < 4.78 is 32.8. The van der Waals surface area contributed by atoms with Crippen molar-refractivity contribution in [2.75, 3.05) is 13.7 Å². The Kier molecular flexibility index (Phi) is 7.16. The lowest BCUT2D eigenvalue weighted by Gasteiger charge is -2.34. The Bertz CT molecular complexity index is 947. The molecule has 1 saturated heterocycles. The third-order valence-electron chi connectivity index (χ3n) is 5.04. The van der Waals surface area contributed by atoms with Gasteiger partial charge in [-0.3, -0.25) is 4.79 Å². The quantitative estimate of drug-likeness (QED) is 0.719. The van der Waals surface area contributed by atoms with Crippen LogP contribution >= 0.6 is 11.6 Å². The van der Waals surface area contributed by atoms with Crippen molar-refractivity contribution in [2.24, 2.45) is 0 Å². The van der Waals surface area contributed by atoms with E-state index in [4.69, 9.17) is 16.3 Å². The van der Waals surface area contributed by atoms with Crippen LogP contribution in [0.25, 0.3) is 0 Å². The Morgan fingerprint density at radius 3 is 2.69 bits per heavy atom. The number of carbonyl (C=O) groups excluding carboxylic acids is 1. The van der Waals surface area contributed by atoms with E-state index in [0.29, 0.717) is 24.5 Å². The third kappa shape index (κ3) is 5.50. The van der Waals surface area contributed by atoms with Crippen molar-refractivity contribution in [3.8, 4) is 5.75 Å². The Morgan fingerprint density at radius 1 is 1.21 bits per heavy atom. The van der Waals surface area contributed by atoms with E-state index in [2.05, 4.69) is 5.32 Å². The zero-order chi connectivity index (χ0) is 20.9. The highest BCUT2D eigenvalue weighted by molar-refractivity contribution is 7.89. The zero-order valence-corrected chi connectivity index (χ0v) is 17.9. The number of hydrogen-bond donors (Lipinski definition) is 1. The standard InChI is InChI=1S/C21H25ClN2O4S/c1-28-19-7-4-5-16(13-19)15-23-21(25)14-18-6-2-3-12-24(18)29(26,27)20-10-8-17(22)9-11-20/h4-5,7-11,13,18H,2-3,6,12,14-15H2,1H3,(H,23,25)/t18-/m0/s1. The number of nitrogens with zero attached hydrogens (tertiary/aromatic N) is 1. The van der Waals surface area contributed by atoms with E-state index < -0.39 is 10.0 Å². The van der Waals surface area contributed by atoms with Gasteiger partial charge in [-0.25, -0.2) is 8.42 Å². The number of halogens is 1. The Morgan fingerprint density at radius 2 is 1.97 bits per heavy atom. The Balaban J connectivity index is 1.66. The van der Waals surface area contributed by atoms with Gasteiger partial charge in [0.15, 0.2) is 0 Å². The molecule has 2 aromatic carbocycles. The van der Waals surface area contributed by atoms with Crippen LogP contribution in [0.3, 0.4) is 0 Å². The number of ether oxygens (including phenoxy) is 1. The molecular formula is C21H25ClN2O4S. The molecule has 0 unspecified atom stereocenters. The van der Waals surface area contributed by atoms with Crippen LogP contribution in [0.2, 0.25) is 5.02 Å². The maximum Gasteiger partial charge on any atom is 0.243 e. The minimum Gasteiger partial charge on any atom is -0.497 e. The summed E-state index contributed by atoms with van der Waals surface area (Å²) in [5.74, 6) is 0.556. The van der Waals surface area contributed by atoms with Crippen LogP contribution < -0.4 is 10.1 Å². The maximum absolute atomic E-state index is 13.1. The zero-order valence-electron chi connectivity index (χ0n) is 16.3. The molecule has 1 N–H and O–H groups in total. The van der Waals surface area contributed by atoms with Gasteiger partial charge in [0.2, 0.25) is 15.9 Å². The van der Waals surface area contributed by atoms with Gasteiger partial charge in [-0.05, 0) is 54.8 Å². The molecule has 1 heterocycles. The van der Waals surface area contributed by atoms with Crippen LogP contribution in [-0.4, -0.2) is 38.3 Å². The number of methoxy groups -OCH3 is 1. The van der Waals surface area contributed by atoms with Gasteiger partial charge < -0.3 is 10.1 Å². The fourth-order valence-electron chi connectivity index (χ4n) is 3.51. The first-order valence-electron chi connectivity index (χ1n) is 9.57. The lowest BCUT2D eigenvalue weighted by Crippen LogP contribution is -2.45. The Labute approximate surface area is 176 Å². The van der Waals surface area contributed by atoms with Gasteiger partial charge >= 0.3 is 0 Å². The summed E-state index contributed by atoms with van der Waals surface area (Å²) in [6.07, 6.45) is 2.49. The van der Waals surface area contributed by atoms with Crippen molar-refractivity contribution in [3.63, 3.8) is 0 Å². The predicted molar refractivity (Wildman–Crippen MR) is 112 cm³/mol. The molecular weight excluding hydrogens is 412 g/mol. The second-order valence-electron chi connectivity index (χ2n) is 7.05. The SMILES string of the molecule is COc1cccc(CNC(=O)C[C@@H]2CCCCN2S(=O)(=O)c2ccc(Cl)cc2)c1. The first-order chi connectivity index (χ1) is 13.9. The van der Waals surface area contributed by atoms with E-state index in [1.807, 2.05) is 24.3 Å². The largest absolute Gasteiger partial charge is 0.497 e. The van der Waals surface area contributed by atoms with E-state index in [0.717, 1.165) is 24.2 Å². The number of carbonyl (C=O) groups is 1. The number of benzene rings is 2. The van der Waals surface area contributed by atoms with E-state index in [1.165, 1.54) is 16.4 Å². The topological polar surface area (TPSA) is 75.7 Å². The highest BCUT2D eigenvalue weighted by atomic mass is 35.5. The molecule has 3 rings (SSSR count). The first-order valence-corrected chi connectivity index (χ1v) is 11.4. The molecule has 0 bridgehead atoms. The molecule has 1 aliphatic rings. The smallest absolute Gasteiger partial charge is 0.243 e. The number of rotatable bonds is 7. The van der Waals surface area contributed by atoms with Gasteiger partial charge in [0.25, 0.3) is 0 Å². The first kappa shape index (κ1) is 21.6. The molecule has 2 aromatic rings. The summed E-state index contributed by atoms with van der Waals surface area (Å²) in [4.78, 5) is 12.7. The van der Waals surface area contributed by atoms with Gasteiger partial charge in [0.1, 0.15) is 5.75 Å². The summed E-state index contributed by atoms with van der Waals surface area (Å²) in [7, 11) is -2.08. The van der Waals surface area contributed by atoms with E-state index in [-0.39, 0.29) is 23.3 Å². The van der Waals surface area contributed by atoms with Gasteiger partial charge in [0.05, 0.1) is 12.0 Å². The van der Waals surface area contributed by atoms with Gasteiger partial charge in [-0.15, -0.1) is 0 Å². The summed E-state index contributed by atoms with van der Waals surface area (Å²) in [6.45, 7) is 0.783. The minimum atomic E-state index is -3.67. The van der Waals surface area contributed by atoms with Crippen LogP contribution in [0, 0.1) is 0 Å². The van der Waals surface area contributed by atoms with Crippen LogP contribution in [0.15, 0.2) is 53.4 Å². The molecule has 29 heavy (non-hydrogen) atoms. The van der Waals surface area contributed by atoms with Gasteiger partial charge in [-0.1, -0.05) is 30.2 Å². The highest BCUT2D eigenvalue weighted by Crippen LogP contribution is 2.27. The average Bonchev–Trinajstić information content (AvgIpc) is 2.73. The van der Waals surface area contributed by atoms with Crippen molar-refractivity contribution < 1.29 is 17.9 Å². The second-order valence-corrected chi connectivity index (χ2v) is 9.38. The molecule has 1 fully saturated rings. The molecule has 156 valence electrons. The molecule has 8 heteroatoms. The third-order valence-corrected chi connectivity index (χ3v) is 7.26. The van der Waals surface area contributed by atoms with Crippen LogP contribution in [0.5, 0.6) is 5.75 Å². The lowest BCUT2D eigenvalue weighted by atomic mass is 10.0. The second kappa shape index (κ2) is 9.61. The molecule has 1 atom stereocenters. The number of hydrogen-bond acceptors (Lipinski definition) is 4. The minimum absolute atomic E-state index is 0.136. The number of nitrogens with one attached hydrogen (secondary N) is 1. The fourth-order valence-corrected chi connectivity index (χ4v) is 5.32. The van der Waals surface area contributed by atoms with E-state index in [1.54, 1.807) is 19.2 Å². The van der Waals surface area contributed by atoms with Crippen molar-refractivity contribution in [3.05, 3.63) is 59.1 Å². The molecule has 0 aromatic heterocycles. The van der Waals surface area contributed by atoms with E-state index in [9.17, 15) is 13.2 Å². The van der Waals surface area contributed by atoms with Crippen LogP contribution in [0.4, 0.5) is 0 Å². The highest BCUT2D eigenvalue weighted by Gasteiger charge is 2.34.